The average Bonchev–Trinajstić information content (AvgIpc) is 3.30. The van der Waals surface area contributed by atoms with E-state index >= 15 is 0 Å². The fourth-order valence-corrected chi connectivity index (χ4v) is 3.68. The summed E-state index contributed by atoms with van der Waals surface area (Å²) in [5.41, 5.74) is 2.73. The summed E-state index contributed by atoms with van der Waals surface area (Å²) < 4.78 is 40.0. The Hall–Kier alpha value is -4.53. The Balaban J connectivity index is 1.48. The van der Waals surface area contributed by atoms with E-state index in [2.05, 4.69) is 20.4 Å². The molecule has 0 fully saturated rings. The fourth-order valence-electron chi connectivity index (χ4n) is 3.68. The standard InChI is InChI=1S/C26H18F3N5O/c27-26(28,29)21-8-6-17(7-9-21)14-24(35)31-22-15-20(18-10-12-30-13-11-18)16-23-32-25(33-34(22)23)19-4-2-1-3-5-19/h1-13,15-16H,14H2,(H,31,35). The molecule has 0 saturated carbocycles. The van der Waals surface area contributed by atoms with Crippen LogP contribution in [0, 0.1) is 0 Å². The summed E-state index contributed by atoms with van der Waals surface area (Å²) in [6.07, 6.45) is -1.19. The second kappa shape index (κ2) is 9.02. The van der Waals surface area contributed by atoms with Gasteiger partial charge in [-0.15, -0.1) is 5.10 Å². The molecule has 0 aliphatic carbocycles. The first-order chi connectivity index (χ1) is 16.9. The number of carbonyl (C=O) groups is 1. The van der Waals surface area contributed by atoms with Crippen LogP contribution >= 0.6 is 0 Å². The molecular formula is C26H18F3N5O. The zero-order valence-electron chi connectivity index (χ0n) is 18.2. The van der Waals surface area contributed by atoms with Crippen molar-refractivity contribution in [3.05, 3.63) is 102 Å². The summed E-state index contributed by atoms with van der Waals surface area (Å²) in [6, 6.07) is 21.3. The Kier molecular flexibility index (Phi) is 5.74. The molecule has 0 unspecified atom stereocenters. The van der Waals surface area contributed by atoms with Crippen LogP contribution in [0.15, 0.2) is 91.3 Å². The van der Waals surface area contributed by atoms with Gasteiger partial charge < -0.3 is 5.32 Å². The summed E-state index contributed by atoms with van der Waals surface area (Å²) in [7, 11) is 0. The molecule has 6 nitrogen and oxygen atoms in total. The van der Waals surface area contributed by atoms with Crippen molar-refractivity contribution in [2.75, 3.05) is 5.32 Å². The topological polar surface area (TPSA) is 72.2 Å². The number of hydrogen-bond donors (Lipinski definition) is 1. The summed E-state index contributed by atoms with van der Waals surface area (Å²) >= 11 is 0. The number of aromatic nitrogens is 4. The zero-order chi connectivity index (χ0) is 24.4. The number of carbonyl (C=O) groups excluding carboxylic acids is 1. The predicted molar refractivity (Wildman–Crippen MR) is 125 cm³/mol. The molecule has 3 heterocycles. The maximum absolute atomic E-state index is 12.8. The maximum Gasteiger partial charge on any atom is 0.416 e. The highest BCUT2D eigenvalue weighted by Gasteiger charge is 2.30. The fraction of sp³-hybridized carbons (Fsp3) is 0.0769. The number of benzene rings is 2. The lowest BCUT2D eigenvalue weighted by Crippen LogP contribution is -2.17. The van der Waals surface area contributed by atoms with E-state index in [0.29, 0.717) is 22.9 Å². The lowest BCUT2D eigenvalue weighted by Gasteiger charge is -2.11. The predicted octanol–water partition coefficient (Wildman–Crippen LogP) is 5.66. The van der Waals surface area contributed by atoms with Crippen LogP contribution in [-0.2, 0) is 17.4 Å². The van der Waals surface area contributed by atoms with E-state index in [0.717, 1.165) is 28.8 Å². The first-order valence-electron chi connectivity index (χ1n) is 10.7. The molecule has 0 radical (unpaired) electrons. The van der Waals surface area contributed by atoms with Crippen molar-refractivity contribution in [2.24, 2.45) is 0 Å². The minimum absolute atomic E-state index is 0.0979. The molecule has 1 N–H and O–H groups in total. The number of pyridine rings is 2. The summed E-state index contributed by atoms with van der Waals surface area (Å²) in [5, 5.41) is 7.41. The van der Waals surface area contributed by atoms with Gasteiger partial charge in [0.15, 0.2) is 11.5 Å². The minimum Gasteiger partial charge on any atom is -0.310 e. The SMILES string of the molecule is O=C(Cc1ccc(C(F)(F)F)cc1)Nc1cc(-c2ccncc2)cc2nc(-c3ccccc3)nn12. The molecule has 1 amide bonds. The van der Waals surface area contributed by atoms with E-state index in [1.54, 1.807) is 18.5 Å². The van der Waals surface area contributed by atoms with Gasteiger partial charge >= 0.3 is 6.18 Å². The van der Waals surface area contributed by atoms with Gasteiger partial charge in [0.2, 0.25) is 5.91 Å². The molecule has 9 heteroatoms. The molecule has 174 valence electrons. The lowest BCUT2D eigenvalue weighted by molar-refractivity contribution is -0.137. The van der Waals surface area contributed by atoms with Gasteiger partial charge in [0.1, 0.15) is 5.82 Å². The number of hydrogen-bond acceptors (Lipinski definition) is 4. The van der Waals surface area contributed by atoms with Crippen LogP contribution in [-0.4, -0.2) is 25.5 Å². The molecule has 0 bridgehead atoms. The van der Waals surface area contributed by atoms with Crippen molar-refractivity contribution in [1.82, 2.24) is 19.6 Å². The Labute approximate surface area is 198 Å². The van der Waals surface area contributed by atoms with Crippen LogP contribution in [0.25, 0.3) is 28.2 Å². The largest absolute Gasteiger partial charge is 0.416 e. The first-order valence-corrected chi connectivity index (χ1v) is 10.7. The van der Waals surface area contributed by atoms with Crippen LogP contribution in [0.3, 0.4) is 0 Å². The first kappa shape index (κ1) is 22.3. The molecule has 0 saturated heterocycles. The number of fused-ring (bicyclic) bond motifs is 1. The smallest absolute Gasteiger partial charge is 0.310 e. The third-order valence-corrected chi connectivity index (χ3v) is 5.40. The van der Waals surface area contributed by atoms with E-state index in [1.165, 1.54) is 16.6 Å². The molecule has 0 aliphatic heterocycles. The second-order valence-electron chi connectivity index (χ2n) is 7.86. The number of halogens is 3. The van der Waals surface area contributed by atoms with Gasteiger partial charge in [0.05, 0.1) is 12.0 Å². The van der Waals surface area contributed by atoms with Gasteiger partial charge in [-0.05, 0) is 53.1 Å². The van der Waals surface area contributed by atoms with Crippen LogP contribution in [0.2, 0.25) is 0 Å². The van der Waals surface area contributed by atoms with Crippen molar-refractivity contribution >= 4 is 17.4 Å². The van der Waals surface area contributed by atoms with Gasteiger partial charge in [0.25, 0.3) is 0 Å². The highest BCUT2D eigenvalue weighted by atomic mass is 19.4. The normalized spacial score (nSPS) is 11.5. The number of nitrogens with zero attached hydrogens (tertiary/aromatic N) is 4. The molecular weight excluding hydrogens is 455 g/mol. The van der Waals surface area contributed by atoms with Crippen molar-refractivity contribution in [1.29, 1.82) is 0 Å². The Morgan fingerprint density at radius 2 is 1.57 bits per heavy atom. The van der Waals surface area contributed by atoms with Crippen LogP contribution in [0.5, 0.6) is 0 Å². The van der Waals surface area contributed by atoms with E-state index in [9.17, 15) is 18.0 Å². The number of alkyl halides is 3. The summed E-state index contributed by atoms with van der Waals surface area (Å²) in [5.74, 6) is 0.492. The molecule has 2 aromatic carbocycles. The number of amides is 1. The molecule has 5 rings (SSSR count). The Morgan fingerprint density at radius 3 is 2.26 bits per heavy atom. The number of rotatable bonds is 5. The van der Waals surface area contributed by atoms with Gasteiger partial charge in [0, 0.05) is 18.0 Å². The summed E-state index contributed by atoms with van der Waals surface area (Å²) in [6.45, 7) is 0. The molecule has 35 heavy (non-hydrogen) atoms. The van der Waals surface area contributed by atoms with Crippen LogP contribution < -0.4 is 5.32 Å². The molecule has 0 aliphatic rings. The Bertz CT molecular complexity index is 1480. The van der Waals surface area contributed by atoms with Crippen LogP contribution in [0.1, 0.15) is 11.1 Å². The van der Waals surface area contributed by atoms with Gasteiger partial charge in [-0.25, -0.2) is 4.98 Å². The quantitative estimate of drug-likeness (QED) is 0.358. The van der Waals surface area contributed by atoms with Crippen LogP contribution in [0.4, 0.5) is 19.0 Å². The van der Waals surface area contributed by atoms with Crippen molar-refractivity contribution in [3.63, 3.8) is 0 Å². The minimum atomic E-state index is -4.43. The highest BCUT2D eigenvalue weighted by Crippen LogP contribution is 2.29. The monoisotopic (exact) mass is 473 g/mol. The van der Waals surface area contributed by atoms with Crippen molar-refractivity contribution in [2.45, 2.75) is 12.6 Å². The Morgan fingerprint density at radius 1 is 0.857 bits per heavy atom. The van der Waals surface area contributed by atoms with E-state index in [1.807, 2.05) is 48.5 Å². The van der Waals surface area contributed by atoms with Gasteiger partial charge in [-0.2, -0.15) is 17.7 Å². The van der Waals surface area contributed by atoms with Crippen molar-refractivity contribution < 1.29 is 18.0 Å². The second-order valence-corrected chi connectivity index (χ2v) is 7.86. The lowest BCUT2D eigenvalue weighted by atomic mass is 10.1. The molecule has 0 spiro atoms. The summed E-state index contributed by atoms with van der Waals surface area (Å²) in [4.78, 5) is 21.5. The molecule has 3 aromatic heterocycles. The van der Waals surface area contributed by atoms with E-state index in [-0.39, 0.29) is 6.42 Å². The van der Waals surface area contributed by atoms with E-state index < -0.39 is 17.6 Å². The van der Waals surface area contributed by atoms with E-state index in [4.69, 9.17) is 0 Å². The average molecular weight is 473 g/mol. The maximum atomic E-state index is 12.8. The van der Waals surface area contributed by atoms with Gasteiger partial charge in [-0.1, -0.05) is 42.5 Å². The van der Waals surface area contributed by atoms with Gasteiger partial charge in [-0.3, -0.25) is 9.78 Å². The highest BCUT2D eigenvalue weighted by molar-refractivity contribution is 5.92. The molecule has 5 aromatic rings. The third-order valence-electron chi connectivity index (χ3n) is 5.40. The molecule has 0 atom stereocenters. The third kappa shape index (κ3) is 4.89. The number of anilines is 1. The van der Waals surface area contributed by atoms with Crippen molar-refractivity contribution in [3.8, 4) is 22.5 Å². The number of nitrogens with one attached hydrogen (secondary N) is 1. The zero-order valence-corrected chi connectivity index (χ0v) is 18.2.